The van der Waals surface area contributed by atoms with E-state index >= 15 is 0 Å². The first-order valence-electron chi connectivity index (χ1n) is 6.12. The van der Waals surface area contributed by atoms with Crippen LogP contribution in [0.25, 0.3) is 10.9 Å². The van der Waals surface area contributed by atoms with E-state index in [9.17, 15) is 14.0 Å². The van der Waals surface area contributed by atoms with Crippen LogP contribution < -0.4 is 19.5 Å². The number of aliphatic carboxylic acids is 1. The third-order valence-electron chi connectivity index (χ3n) is 3.26. The second kappa shape index (κ2) is 6.18. The average molecular weight is 504 g/mol. The molecule has 9 heteroatoms. The molecule has 2 rings (SSSR count). The summed E-state index contributed by atoms with van der Waals surface area (Å²) in [7, 11) is 1.33. The Bertz CT molecular complexity index is 774. The van der Waals surface area contributed by atoms with E-state index < -0.39 is 23.7 Å². The van der Waals surface area contributed by atoms with Crippen molar-refractivity contribution < 1.29 is 48.5 Å². The number of nitrogens with one attached hydrogen (secondary N) is 1. The number of methoxy groups -OCH3 is 1. The number of carboxylic acids is 1. The molecule has 0 bridgehead atoms. The van der Waals surface area contributed by atoms with Gasteiger partial charge in [-0.3, -0.25) is 0 Å². The number of benzene rings is 1. The molecule has 0 radical (unpaired) electrons. The predicted molar refractivity (Wildman–Crippen MR) is 72.3 cm³/mol. The van der Waals surface area contributed by atoms with E-state index in [-0.39, 0.29) is 31.9 Å². The van der Waals surface area contributed by atoms with Gasteiger partial charge in [-0.2, -0.15) is 0 Å². The number of hydrogen-bond acceptors (Lipinski definition) is 4. The van der Waals surface area contributed by atoms with E-state index in [1.54, 1.807) is 0 Å². The summed E-state index contributed by atoms with van der Waals surface area (Å²) >= 11 is 0.954. The van der Waals surface area contributed by atoms with Crippen LogP contribution in [0.1, 0.15) is 15.9 Å². The molecule has 118 valence electrons. The fourth-order valence-electron chi connectivity index (χ4n) is 2.25. The van der Waals surface area contributed by atoms with Crippen molar-refractivity contribution >= 4 is 26.1 Å². The Kier molecular flexibility index (Phi) is 4.67. The van der Waals surface area contributed by atoms with E-state index in [0.717, 1.165) is 24.7 Å². The zero-order chi connectivity index (χ0) is 16.6. The number of ether oxygens (including phenoxy) is 1. The van der Waals surface area contributed by atoms with Gasteiger partial charge in [-0.05, 0) is 0 Å². The minimum absolute atomic E-state index is 0.0447. The number of rotatable bonds is 5. The maximum atomic E-state index is 14.4. The van der Waals surface area contributed by atoms with Crippen molar-refractivity contribution in [2.24, 2.45) is 11.5 Å². The molecule has 1 unspecified atom stereocenters. The molecule has 0 fully saturated rings. The molecule has 1 heterocycles. The Morgan fingerprint density at radius 3 is 2.68 bits per heavy atom. The van der Waals surface area contributed by atoms with Gasteiger partial charge in [0.2, 0.25) is 0 Å². The third-order valence-corrected chi connectivity index (χ3v) is 4.63. The summed E-state index contributed by atoms with van der Waals surface area (Å²) in [6.45, 7) is 0. The Morgan fingerprint density at radius 2 is 2.18 bits per heavy atom. The summed E-state index contributed by atoms with van der Waals surface area (Å²) in [6, 6.07) is -1.16. The number of nitrogens with two attached hydrogens (primary N) is 2. The van der Waals surface area contributed by atoms with Crippen molar-refractivity contribution in [2.75, 3.05) is 7.11 Å². The van der Waals surface area contributed by atoms with E-state index in [1.807, 2.05) is 0 Å². The molecule has 0 aliphatic carbocycles. The van der Waals surface area contributed by atoms with Crippen molar-refractivity contribution in [2.45, 2.75) is 12.5 Å². The molecule has 1 amide bonds. The molecule has 0 saturated carbocycles. The molecule has 6 N–H and O–H groups in total. The standard InChI is InChI=1S/C13H13AtFN3O4/c1-22-11-6-4(2-5(16)13(20)21)3-18-10(6)9(15)8(14)7(11)12(17)19/h3,5,18H,2,16H2,1H3,(H2,17,19)(H,20,21). The van der Waals surface area contributed by atoms with E-state index in [0.29, 0.717) is 5.56 Å². The molecule has 1 atom stereocenters. The first-order valence-corrected chi connectivity index (χ1v) is 7.59. The average Bonchev–Trinajstić information content (AvgIpc) is 2.85. The van der Waals surface area contributed by atoms with Gasteiger partial charge < -0.3 is 0 Å². The zero-order valence-electron chi connectivity index (χ0n) is 11.4. The first-order chi connectivity index (χ1) is 10.3. The van der Waals surface area contributed by atoms with Gasteiger partial charge in [0.25, 0.3) is 0 Å². The van der Waals surface area contributed by atoms with E-state index in [2.05, 4.69) is 4.98 Å². The molecule has 0 spiro atoms. The van der Waals surface area contributed by atoms with Gasteiger partial charge >= 0.3 is 140 Å². The second-order valence-corrected chi connectivity index (χ2v) is 6.08. The Labute approximate surface area is 139 Å². The molecular weight excluding hydrogens is 491 g/mol. The SMILES string of the molecule is COc1c(C(N)=O)c([At])c(F)c2[nH]cc(CC(N)C(=O)O)c12. The number of fused-ring (bicyclic) bond motifs is 1. The molecule has 2 aromatic rings. The first kappa shape index (κ1) is 16.6. The van der Waals surface area contributed by atoms with Crippen LogP contribution in [0.15, 0.2) is 6.20 Å². The number of H-pyrrole nitrogens is 1. The number of hydrogen-bond donors (Lipinski definition) is 4. The van der Waals surface area contributed by atoms with Crippen molar-refractivity contribution in [1.29, 1.82) is 0 Å². The molecule has 1 aromatic carbocycles. The second-order valence-electron chi connectivity index (χ2n) is 4.61. The third kappa shape index (κ3) is 2.66. The Hall–Kier alpha value is -1.73. The van der Waals surface area contributed by atoms with Gasteiger partial charge in [0.05, 0.1) is 0 Å². The molecular formula is C13H13AtFN3O4. The van der Waals surface area contributed by atoms with Crippen LogP contribution in [0.5, 0.6) is 5.75 Å². The monoisotopic (exact) mass is 504 g/mol. The molecule has 7 nitrogen and oxygen atoms in total. The number of aromatic amines is 1. The van der Waals surface area contributed by atoms with Gasteiger partial charge in [-0.1, -0.05) is 0 Å². The molecule has 0 saturated heterocycles. The molecule has 0 aliphatic rings. The Balaban J connectivity index is 2.77. The van der Waals surface area contributed by atoms with Crippen LogP contribution in [0.3, 0.4) is 0 Å². The zero-order valence-corrected chi connectivity index (χ0v) is 14.4. The van der Waals surface area contributed by atoms with Crippen molar-refractivity contribution in [3.63, 3.8) is 0 Å². The number of carbonyl (C=O) groups excluding carboxylic acids is 1. The van der Waals surface area contributed by atoms with Crippen LogP contribution in [0.4, 0.5) is 4.39 Å². The number of amides is 1. The number of halogens is 1. The fraction of sp³-hybridized carbons (Fsp3) is 0.231. The normalized spacial score (nSPS) is 12.4. The number of carboxylic acid groups (broad SMARTS) is 1. The van der Waals surface area contributed by atoms with Crippen LogP contribution in [0, 0.1) is 30.5 Å². The van der Waals surface area contributed by atoms with E-state index in [4.69, 9.17) is 21.3 Å². The van der Waals surface area contributed by atoms with Crippen molar-refractivity contribution in [1.82, 2.24) is 4.98 Å². The summed E-state index contributed by atoms with van der Waals surface area (Å²) in [5, 5.41) is 9.19. The van der Waals surface area contributed by atoms with Crippen LogP contribution >= 0.6 is 0 Å². The summed E-state index contributed by atoms with van der Waals surface area (Å²) in [4.78, 5) is 25.3. The van der Waals surface area contributed by atoms with Gasteiger partial charge in [0.1, 0.15) is 0 Å². The number of primary amides is 1. The summed E-state index contributed by atoms with van der Waals surface area (Å²) < 4.78 is 19.8. The molecule has 1 aromatic heterocycles. The van der Waals surface area contributed by atoms with Crippen molar-refractivity contribution in [3.8, 4) is 5.75 Å². The number of carbonyl (C=O) groups is 2. The maximum absolute atomic E-state index is 14.4. The van der Waals surface area contributed by atoms with E-state index in [1.165, 1.54) is 13.3 Å². The van der Waals surface area contributed by atoms with Crippen molar-refractivity contribution in [3.05, 3.63) is 23.1 Å². The van der Waals surface area contributed by atoms with Gasteiger partial charge in [-0.15, -0.1) is 0 Å². The van der Waals surface area contributed by atoms with Crippen LogP contribution in [-0.4, -0.2) is 35.1 Å². The van der Waals surface area contributed by atoms with Gasteiger partial charge in [0.15, 0.2) is 0 Å². The fourth-order valence-corrected chi connectivity index (χ4v) is 3.31. The predicted octanol–water partition coefficient (Wildman–Crippen LogP) is -0.456. The molecule has 0 aliphatic heterocycles. The Morgan fingerprint density at radius 1 is 1.55 bits per heavy atom. The summed E-state index contributed by atoms with van der Waals surface area (Å²) in [5.74, 6) is -2.49. The minimum atomic E-state index is -1.18. The quantitative estimate of drug-likeness (QED) is 0.438. The summed E-state index contributed by atoms with van der Waals surface area (Å²) in [5.41, 5.74) is 11.4. The van der Waals surface area contributed by atoms with Gasteiger partial charge in [0, 0.05) is 0 Å². The van der Waals surface area contributed by atoms with Crippen LogP contribution in [0.2, 0.25) is 0 Å². The molecule has 22 heavy (non-hydrogen) atoms. The number of aromatic nitrogens is 1. The summed E-state index contributed by atoms with van der Waals surface area (Å²) in [6.07, 6.45) is 1.41. The van der Waals surface area contributed by atoms with Gasteiger partial charge in [-0.25, -0.2) is 0 Å². The van der Waals surface area contributed by atoms with Crippen LogP contribution in [-0.2, 0) is 11.2 Å². The topological polar surface area (TPSA) is 131 Å².